The minimum absolute atomic E-state index is 0.0101. The van der Waals surface area contributed by atoms with Gasteiger partial charge in [-0.2, -0.15) is 4.98 Å². The summed E-state index contributed by atoms with van der Waals surface area (Å²) in [4.78, 5) is 7.08. The topological polar surface area (TPSA) is 63.8 Å². The van der Waals surface area contributed by atoms with Crippen molar-refractivity contribution in [2.45, 2.75) is 0 Å². The van der Waals surface area contributed by atoms with Gasteiger partial charge in [-0.15, -0.1) is 0 Å². The minimum atomic E-state index is -0.534. The van der Waals surface area contributed by atoms with Crippen molar-refractivity contribution >= 4 is 17.4 Å². The van der Waals surface area contributed by atoms with E-state index in [1.165, 1.54) is 0 Å². The molecule has 4 nitrogen and oxygen atoms in total. The van der Waals surface area contributed by atoms with Crippen molar-refractivity contribution in [3.63, 3.8) is 0 Å². The average molecular weight is 191 g/mol. The molecule has 0 radical (unpaired) electrons. The molecule has 0 bridgehead atoms. The number of hydrogen-bond acceptors (Lipinski definition) is 4. The molecule has 0 aliphatic rings. The summed E-state index contributed by atoms with van der Waals surface area (Å²) in [5.74, 6) is -0.451. The molecular weight excluding hydrogens is 183 g/mol. The Morgan fingerprint density at radius 3 is 3.08 bits per heavy atom. The second kappa shape index (κ2) is 4.18. The molecule has 0 saturated heterocycles. The van der Waals surface area contributed by atoms with Crippen molar-refractivity contribution in [1.29, 1.82) is 0 Å². The third-order valence-corrected chi connectivity index (χ3v) is 1.33. The van der Waals surface area contributed by atoms with Crippen LogP contribution in [0.5, 0.6) is 0 Å². The molecule has 0 amide bonds. The normalized spacial score (nSPS) is 9.92. The molecule has 0 aliphatic heterocycles. The number of aromatic nitrogens is 2. The Balaban J connectivity index is 2.75. The molecule has 12 heavy (non-hydrogen) atoms. The van der Waals surface area contributed by atoms with Crippen LogP contribution in [0, 0.1) is 5.82 Å². The highest BCUT2D eigenvalue weighted by Gasteiger charge is 2.03. The minimum Gasteiger partial charge on any atom is -0.366 e. The maximum atomic E-state index is 12.8. The third-order valence-electron chi connectivity index (χ3n) is 1.15. The largest absolute Gasteiger partial charge is 0.366 e. The average Bonchev–Trinajstić information content (AvgIpc) is 2.07. The SMILES string of the molecule is NCCNc1nc(Cl)ncc1F. The second-order valence-corrected chi connectivity index (χ2v) is 2.39. The highest BCUT2D eigenvalue weighted by atomic mass is 35.5. The molecule has 0 unspecified atom stereocenters. The number of nitrogens with two attached hydrogens (primary N) is 1. The van der Waals surface area contributed by atoms with Crippen LogP contribution in [0.1, 0.15) is 0 Å². The first kappa shape index (κ1) is 9.15. The van der Waals surface area contributed by atoms with Gasteiger partial charge in [-0.1, -0.05) is 0 Å². The Morgan fingerprint density at radius 2 is 2.42 bits per heavy atom. The van der Waals surface area contributed by atoms with Crippen LogP contribution in [0.15, 0.2) is 6.20 Å². The molecule has 0 aliphatic carbocycles. The lowest BCUT2D eigenvalue weighted by Gasteiger charge is -2.03. The van der Waals surface area contributed by atoms with E-state index < -0.39 is 5.82 Å². The molecule has 0 saturated carbocycles. The lowest BCUT2D eigenvalue weighted by atomic mass is 10.5. The molecule has 0 aromatic carbocycles. The number of halogens is 2. The summed E-state index contributed by atoms with van der Waals surface area (Å²) in [6, 6.07) is 0. The van der Waals surface area contributed by atoms with Crippen molar-refractivity contribution in [3.8, 4) is 0 Å². The van der Waals surface area contributed by atoms with E-state index in [1.807, 2.05) is 0 Å². The fourth-order valence-electron chi connectivity index (χ4n) is 0.660. The fraction of sp³-hybridized carbons (Fsp3) is 0.333. The summed E-state index contributed by atoms with van der Waals surface area (Å²) in [6.07, 6.45) is 1.01. The molecule has 3 N–H and O–H groups in total. The van der Waals surface area contributed by atoms with Crippen molar-refractivity contribution in [1.82, 2.24) is 9.97 Å². The van der Waals surface area contributed by atoms with E-state index in [4.69, 9.17) is 17.3 Å². The van der Waals surface area contributed by atoms with E-state index in [-0.39, 0.29) is 11.1 Å². The zero-order chi connectivity index (χ0) is 8.97. The lowest BCUT2D eigenvalue weighted by molar-refractivity contribution is 0.617. The summed E-state index contributed by atoms with van der Waals surface area (Å²) in [6.45, 7) is 0.853. The van der Waals surface area contributed by atoms with Crippen LogP contribution in [0.2, 0.25) is 5.28 Å². The highest BCUT2D eigenvalue weighted by Crippen LogP contribution is 2.10. The maximum Gasteiger partial charge on any atom is 0.224 e. The third kappa shape index (κ3) is 2.28. The molecule has 1 rings (SSSR count). The van der Waals surface area contributed by atoms with Gasteiger partial charge in [0.2, 0.25) is 5.28 Å². The Hall–Kier alpha value is -0.940. The molecule has 0 fully saturated rings. The summed E-state index contributed by atoms with van der Waals surface area (Å²) in [7, 11) is 0. The molecule has 1 heterocycles. The first-order valence-electron chi connectivity index (χ1n) is 3.36. The van der Waals surface area contributed by atoms with Gasteiger partial charge in [0.05, 0.1) is 6.20 Å². The highest BCUT2D eigenvalue weighted by molar-refractivity contribution is 6.28. The van der Waals surface area contributed by atoms with E-state index in [0.717, 1.165) is 6.20 Å². The molecular formula is C6H8ClFN4. The Morgan fingerprint density at radius 1 is 1.67 bits per heavy atom. The summed E-state index contributed by atoms with van der Waals surface area (Å²) in [5, 5.41) is 2.68. The van der Waals surface area contributed by atoms with Gasteiger partial charge in [0.25, 0.3) is 0 Å². The standard InChI is InChI=1S/C6H8ClFN4/c7-6-11-3-4(8)5(12-6)10-2-1-9/h3H,1-2,9H2,(H,10,11,12). The van der Waals surface area contributed by atoms with Gasteiger partial charge in [-0.05, 0) is 11.6 Å². The first-order valence-corrected chi connectivity index (χ1v) is 3.74. The second-order valence-electron chi connectivity index (χ2n) is 2.05. The molecule has 6 heteroatoms. The predicted octanol–water partition coefficient (Wildman–Crippen LogP) is 0.640. The quantitative estimate of drug-likeness (QED) is 0.687. The van der Waals surface area contributed by atoms with E-state index in [0.29, 0.717) is 13.1 Å². The molecule has 66 valence electrons. The Bertz CT molecular complexity index is 268. The fourth-order valence-corrected chi connectivity index (χ4v) is 0.793. The van der Waals surface area contributed by atoms with Gasteiger partial charge in [-0.25, -0.2) is 9.37 Å². The van der Waals surface area contributed by atoms with Gasteiger partial charge >= 0.3 is 0 Å². The zero-order valence-corrected chi connectivity index (χ0v) is 6.98. The predicted molar refractivity (Wildman–Crippen MR) is 44.5 cm³/mol. The van der Waals surface area contributed by atoms with Crippen LogP contribution in [-0.2, 0) is 0 Å². The molecule has 1 aromatic rings. The molecule has 0 spiro atoms. The van der Waals surface area contributed by atoms with Crippen molar-refractivity contribution < 1.29 is 4.39 Å². The van der Waals surface area contributed by atoms with Crippen molar-refractivity contribution in [2.24, 2.45) is 5.73 Å². The van der Waals surface area contributed by atoms with E-state index in [1.54, 1.807) is 0 Å². The summed E-state index contributed by atoms with van der Waals surface area (Å²) < 4.78 is 12.8. The van der Waals surface area contributed by atoms with Gasteiger partial charge in [0, 0.05) is 13.1 Å². The van der Waals surface area contributed by atoms with Crippen LogP contribution in [0.25, 0.3) is 0 Å². The Labute approximate surface area is 74.0 Å². The first-order chi connectivity index (χ1) is 5.74. The van der Waals surface area contributed by atoms with E-state index in [9.17, 15) is 4.39 Å². The maximum absolute atomic E-state index is 12.8. The van der Waals surface area contributed by atoms with Crippen molar-refractivity contribution in [3.05, 3.63) is 17.3 Å². The summed E-state index contributed by atoms with van der Waals surface area (Å²) in [5.41, 5.74) is 5.20. The van der Waals surface area contributed by atoms with Crippen LogP contribution >= 0.6 is 11.6 Å². The monoisotopic (exact) mass is 190 g/mol. The van der Waals surface area contributed by atoms with Crippen LogP contribution in [-0.4, -0.2) is 23.1 Å². The van der Waals surface area contributed by atoms with Crippen LogP contribution < -0.4 is 11.1 Å². The molecule has 0 atom stereocenters. The van der Waals surface area contributed by atoms with Gasteiger partial charge in [0.1, 0.15) is 0 Å². The number of nitrogens with one attached hydrogen (secondary N) is 1. The van der Waals surface area contributed by atoms with E-state index in [2.05, 4.69) is 15.3 Å². The zero-order valence-electron chi connectivity index (χ0n) is 6.22. The van der Waals surface area contributed by atoms with Crippen LogP contribution in [0.4, 0.5) is 10.2 Å². The number of hydrogen-bond donors (Lipinski definition) is 2. The van der Waals surface area contributed by atoms with E-state index >= 15 is 0 Å². The number of nitrogens with zero attached hydrogens (tertiary/aromatic N) is 2. The van der Waals surface area contributed by atoms with Crippen LogP contribution in [0.3, 0.4) is 0 Å². The van der Waals surface area contributed by atoms with Gasteiger partial charge in [-0.3, -0.25) is 0 Å². The Kier molecular flexibility index (Phi) is 3.19. The number of rotatable bonds is 3. The number of anilines is 1. The van der Waals surface area contributed by atoms with Crippen molar-refractivity contribution in [2.75, 3.05) is 18.4 Å². The molecule has 1 aromatic heterocycles. The summed E-state index contributed by atoms with van der Waals surface area (Å²) >= 11 is 5.44. The lowest BCUT2D eigenvalue weighted by Crippen LogP contribution is -2.15. The smallest absolute Gasteiger partial charge is 0.224 e. The van der Waals surface area contributed by atoms with Gasteiger partial charge < -0.3 is 11.1 Å². The van der Waals surface area contributed by atoms with Gasteiger partial charge in [0.15, 0.2) is 11.6 Å².